The zero-order valence-corrected chi connectivity index (χ0v) is 34.8. The summed E-state index contributed by atoms with van der Waals surface area (Å²) in [6.45, 7) is 7.64. The molecule has 0 fully saturated rings. The Bertz CT molecular complexity index is 1920. The van der Waals surface area contributed by atoms with E-state index in [1.165, 1.54) is 24.3 Å². The Hall–Kier alpha value is -4.63. The molecule has 1 atom stereocenters. The smallest absolute Gasteiger partial charge is 0.407 e. The van der Waals surface area contributed by atoms with Crippen molar-refractivity contribution in [2.24, 2.45) is 0 Å². The summed E-state index contributed by atoms with van der Waals surface area (Å²) in [4.78, 5) is 35.9. The number of methoxy groups -OCH3 is 1. The Labute approximate surface area is 340 Å². The number of alkyl carbamates (subject to hydrolysis) is 2. The number of amides is 2. The number of carbonyl (C=O) groups excluding carboxylic acids is 3. The molecule has 0 saturated carbocycles. The summed E-state index contributed by atoms with van der Waals surface area (Å²) < 4.78 is 88.0. The van der Waals surface area contributed by atoms with E-state index in [9.17, 15) is 31.2 Å². The number of sulfonamides is 2. The first kappa shape index (κ1) is 47.7. The number of hydrogen-bond donors (Lipinski definition) is 4. The summed E-state index contributed by atoms with van der Waals surface area (Å²) in [6.07, 6.45) is -0.233. The van der Waals surface area contributed by atoms with Gasteiger partial charge in [-0.05, 0) is 74.6 Å². The van der Waals surface area contributed by atoms with Crippen LogP contribution in [-0.2, 0) is 59.9 Å². The molecule has 4 N–H and O–H groups in total. The van der Waals surface area contributed by atoms with Crippen LogP contribution in [0.3, 0.4) is 0 Å². The van der Waals surface area contributed by atoms with Crippen LogP contribution >= 0.6 is 0 Å². The molecule has 3 aromatic carbocycles. The van der Waals surface area contributed by atoms with Crippen LogP contribution in [0.25, 0.3) is 11.1 Å². The lowest BCUT2D eigenvalue weighted by atomic mass is 10.1. The van der Waals surface area contributed by atoms with Gasteiger partial charge in [-0.1, -0.05) is 54.6 Å². The first-order chi connectivity index (χ1) is 27.6. The minimum absolute atomic E-state index is 0.0580. The van der Waals surface area contributed by atoms with Gasteiger partial charge in [0.15, 0.2) is 0 Å². The lowest BCUT2D eigenvalue weighted by Gasteiger charge is -2.21. The minimum Gasteiger partial charge on any atom is -0.468 e. The molecular weight excluding hydrogens is 797 g/mol. The predicted molar refractivity (Wildman–Crippen MR) is 214 cm³/mol. The zero-order valence-electron chi connectivity index (χ0n) is 33.2. The SMILES string of the molecule is COC(=O)[C@H](CNC(=O)OC(C)(C)C)NS(=O)(=O)c1ccc(-c2ccc(S(=O)(=O)NCCCOCCOCCOCCCNC(=O)OCc3ccccc3)cc2)cc1. The number of esters is 1. The van der Waals surface area contributed by atoms with Crippen molar-refractivity contribution in [2.45, 2.75) is 61.7 Å². The molecule has 19 heteroatoms. The van der Waals surface area contributed by atoms with Gasteiger partial charge in [0, 0.05) is 32.8 Å². The number of carbonyl (C=O) groups is 3. The predicted octanol–water partition coefficient (Wildman–Crippen LogP) is 3.73. The average molecular weight is 851 g/mol. The largest absolute Gasteiger partial charge is 0.468 e. The van der Waals surface area contributed by atoms with E-state index >= 15 is 0 Å². The molecular formula is C39H54N4O13S2. The lowest BCUT2D eigenvalue weighted by molar-refractivity contribution is -0.142. The van der Waals surface area contributed by atoms with Gasteiger partial charge in [-0.3, -0.25) is 4.79 Å². The van der Waals surface area contributed by atoms with Crippen molar-refractivity contribution in [1.82, 2.24) is 20.1 Å². The van der Waals surface area contributed by atoms with Gasteiger partial charge in [0.2, 0.25) is 20.0 Å². The highest BCUT2D eigenvalue weighted by molar-refractivity contribution is 7.89. The first-order valence-electron chi connectivity index (χ1n) is 18.5. The van der Waals surface area contributed by atoms with Crippen LogP contribution in [-0.4, -0.2) is 113 Å². The lowest BCUT2D eigenvalue weighted by Crippen LogP contribution is -2.49. The van der Waals surface area contributed by atoms with Crippen LogP contribution in [0.1, 0.15) is 39.2 Å². The topological polar surface area (TPSA) is 223 Å². The molecule has 3 aromatic rings. The van der Waals surface area contributed by atoms with Crippen molar-refractivity contribution < 1.29 is 59.6 Å². The number of rotatable bonds is 25. The van der Waals surface area contributed by atoms with E-state index in [1.807, 2.05) is 30.3 Å². The maximum atomic E-state index is 13.1. The standard InChI is InChI=1S/C39H54N4O13S2/c1-39(2,3)56-38(46)41-28-35(36(44)51-4)43-58(49,50)34-18-14-32(15-19-34)31-12-16-33(17-13-31)57(47,48)42-21-9-23-53-25-27-54-26-24-52-22-8-20-40-37(45)55-29-30-10-6-5-7-11-30/h5-7,10-19,35,42-43H,8-9,20-29H2,1-4H3,(H,40,45)(H,41,46)/t35-/m0/s1. The molecule has 0 spiro atoms. The van der Waals surface area contributed by atoms with Crippen LogP contribution in [0.15, 0.2) is 88.7 Å². The Morgan fingerprint density at radius 1 is 0.638 bits per heavy atom. The molecule has 0 aliphatic carbocycles. The molecule has 2 amide bonds. The van der Waals surface area contributed by atoms with Crippen LogP contribution in [0.5, 0.6) is 0 Å². The third-order valence-corrected chi connectivity index (χ3v) is 10.7. The second-order valence-corrected chi connectivity index (χ2v) is 17.0. The molecule has 3 rings (SSSR count). The molecule has 0 heterocycles. The normalized spacial score (nSPS) is 12.3. The highest BCUT2D eigenvalue weighted by Crippen LogP contribution is 2.23. The monoisotopic (exact) mass is 850 g/mol. The Balaban J connectivity index is 1.28. The Morgan fingerprint density at radius 3 is 1.69 bits per heavy atom. The Kier molecular flexibility index (Phi) is 20.0. The molecule has 17 nitrogen and oxygen atoms in total. The molecule has 320 valence electrons. The van der Waals surface area contributed by atoms with E-state index < -0.39 is 56.4 Å². The van der Waals surface area contributed by atoms with Gasteiger partial charge in [-0.2, -0.15) is 4.72 Å². The summed E-state index contributed by atoms with van der Waals surface area (Å²) in [7, 11) is -6.92. The summed E-state index contributed by atoms with van der Waals surface area (Å²) in [5.74, 6) is -0.908. The quantitative estimate of drug-likeness (QED) is 0.0543. The van der Waals surface area contributed by atoms with Crippen LogP contribution in [0.4, 0.5) is 9.59 Å². The highest BCUT2D eigenvalue weighted by Gasteiger charge is 2.28. The highest BCUT2D eigenvalue weighted by atomic mass is 32.2. The van der Waals surface area contributed by atoms with Crippen LogP contribution in [0.2, 0.25) is 0 Å². The summed E-state index contributed by atoms with van der Waals surface area (Å²) in [5, 5.41) is 5.03. The Morgan fingerprint density at radius 2 is 1.16 bits per heavy atom. The molecule has 58 heavy (non-hydrogen) atoms. The van der Waals surface area contributed by atoms with Gasteiger partial charge in [-0.15, -0.1) is 0 Å². The van der Waals surface area contributed by atoms with Crippen LogP contribution in [0, 0.1) is 0 Å². The number of benzene rings is 3. The van der Waals surface area contributed by atoms with E-state index in [4.69, 9.17) is 28.4 Å². The third kappa shape index (κ3) is 18.3. The van der Waals surface area contributed by atoms with Crippen molar-refractivity contribution >= 4 is 38.2 Å². The minimum atomic E-state index is -4.22. The van der Waals surface area contributed by atoms with Gasteiger partial charge < -0.3 is 39.1 Å². The molecule has 0 unspecified atom stereocenters. The van der Waals surface area contributed by atoms with Gasteiger partial charge in [0.1, 0.15) is 18.2 Å². The van der Waals surface area contributed by atoms with Gasteiger partial charge in [-0.25, -0.2) is 31.1 Å². The van der Waals surface area contributed by atoms with E-state index in [1.54, 1.807) is 45.0 Å². The summed E-state index contributed by atoms with van der Waals surface area (Å²) >= 11 is 0. The van der Waals surface area contributed by atoms with Gasteiger partial charge in [0.25, 0.3) is 0 Å². The maximum absolute atomic E-state index is 13.1. The second kappa shape index (κ2) is 24.3. The fourth-order valence-corrected chi connectivity index (χ4v) is 7.13. The summed E-state index contributed by atoms with van der Waals surface area (Å²) in [6, 6.07) is 19.8. The molecule has 0 aromatic heterocycles. The summed E-state index contributed by atoms with van der Waals surface area (Å²) in [5.41, 5.74) is 1.37. The zero-order chi connectivity index (χ0) is 42.4. The van der Waals surface area contributed by atoms with E-state index in [-0.39, 0.29) is 22.9 Å². The van der Waals surface area contributed by atoms with E-state index in [2.05, 4.69) is 20.1 Å². The maximum Gasteiger partial charge on any atom is 0.407 e. The van der Waals surface area contributed by atoms with Crippen molar-refractivity contribution in [3.63, 3.8) is 0 Å². The number of hydrogen-bond acceptors (Lipinski definition) is 13. The van der Waals surface area contributed by atoms with Gasteiger partial charge in [0.05, 0.1) is 43.3 Å². The molecule has 0 radical (unpaired) electrons. The first-order valence-corrected chi connectivity index (χ1v) is 21.5. The van der Waals surface area contributed by atoms with E-state index in [0.29, 0.717) is 70.2 Å². The van der Waals surface area contributed by atoms with E-state index in [0.717, 1.165) is 12.7 Å². The second-order valence-electron chi connectivity index (χ2n) is 13.6. The number of nitrogens with one attached hydrogen (secondary N) is 4. The molecule has 0 aliphatic heterocycles. The van der Waals surface area contributed by atoms with Crippen LogP contribution < -0.4 is 20.1 Å². The average Bonchev–Trinajstić information content (AvgIpc) is 3.19. The van der Waals surface area contributed by atoms with Gasteiger partial charge >= 0.3 is 18.2 Å². The fourth-order valence-electron chi connectivity index (χ4n) is 4.87. The fraction of sp³-hybridized carbons (Fsp3) is 0.462. The van der Waals surface area contributed by atoms with Crippen molar-refractivity contribution in [3.05, 3.63) is 84.4 Å². The van der Waals surface area contributed by atoms with Crippen molar-refractivity contribution in [2.75, 3.05) is 66.4 Å². The molecule has 0 saturated heterocycles. The number of ether oxygens (including phenoxy) is 6. The van der Waals surface area contributed by atoms with Crippen molar-refractivity contribution in [1.29, 1.82) is 0 Å². The van der Waals surface area contributed by atoms with Crippen molar-refractivity contribution in [3.8, 4) is 11.1 Å². The third-order valence-electron chi connectivity index (χ3n) is 7.74. The molecule has 0 aliphatic rings. The molecule has 0 bridgehead atoms.